The first kappa shape index (κ1) is 14.2. The smallest absolute Gasteiger partial charge is 0.229 e. The zero-order valence-electron chi connectivity index (χ0n) is 10.5. The highest BCUT2D eigenvalue weighted by Crippen LogP contribution is 2.24. The molecule has 0 unspecified atom stereocenters. The van der Waals surface area contributed by atoms with Crippen molar-refractivity contribution in [3.05, 3.63) is 29.8 Å². The van der Waals surface area contributed by atoms with Gasteiger partial charge in [0.2, 0.25) is 6.29 Å². The molecular formula is C13H18O6. The van der Waals surface area contributed by atoms with E-state index in [0.717, 1.165) is 5.56 Å². The second kappa shape index (κ2) is 5.85. The fourth-order valence-electron chi connectivity index (χ4n) is 1.99. The van der Waals surface area contributed by atoms with Crippen molar-refractivity contribution >= 4 is 0 Å². The van der Waals surface area contributed by atoms with Crippen LogP contribution in [-0.4, -0.2) is 57.7 Å². The van der Waals surface area contributed by atoms with Crippen LogP contribution >= 0.6 is 0 Å². The number of hydrogen-bond donors (Lipinski definition) is 4. The van der Waals surface area contributed by atoms with Gasteiger partial charge in [-0.15, -0.1) is 0 Å². The lowest BCUT2D eigenvalue weighted by Gasteiger charge is -2.39. The Morgan fingerprint density at radius 1 is 1.16 bits per heavy atom. The van der Waals surface area contributed by atoms with Gasteiger partial charge in [0.15, 0.2) is 0 Å². The van der Waals surface area contributed by atoms with Crippen molar-refractivity contribution < 1.29 is 29.9 Å². The molecule has 4 N–H and O–H groups in total. The lowest BCUT2D eigenvalue weighted by atomic mass is 9.99. The van der Waals surface area contributed by atoms with Gasteiger partial charge in [0.1, 0.15) is 30.2 Å². The summed E-state index contributed by atoms with van der Waals surface area (Å²) >= 11 is 0. The maximum Gasteiger partial charge on any atom is 0.229 e. The molecule has 0 radical (unpaired) electrons. The van der Waals surface area contributed by atoms with Crippen molar-refractivity contribution in [3.8, 4) is 5.75 Å². The van der Waals surface area contributed by atoms with E-state index in [0.29, 0.717) is 5.75 Å². The first-order valence-electron chi connectivity index (χ1n) is 6.07. The minimum Gasteiger partial charge on any atom is -0.462 e. The molecule has 106 valence electrons. The second-order valence-corrected chi connectivity index (χ2v) is 4.63. The molecule has 1 heterocycles. The Kier molecular flexibility index (Phi) is 4.38. The molecule has 0 bridgehead atoms. The van der Waals surface area contributed by atoms with Crippen LogP contribution < -0.4 is 4.74 Å². The fraction of sp³-hybridized carbons (Fsp3) is 0.538. The molecule has 1 aliphatic heterocycles. The van der Waals surface area contributed by atoms with Crippen LogP contribution in [0.1, 0.15) is 5.56 Å². The number of rotatable bonds is 3. The van der Waals surface area contributed by atoms with Gasteiger partial charge in [-0.05, 0) is 24.6 Å². The summed E-state index contributed by atoms with van der Waals surface area (Å²) in [6, 6.07) is 7.12. The fourth-order valence-corrected chi connectivity index (χ4v) is 1.99. The van der Waals surface area contributed by atoms with Crippen LogP contribution in [0.2, 0.25) is 0 Å². The van der Waals surface area contributed by atoms with Gasteiger partial charge in [-0.1, -0.05) is 12.1 Å². The predicted molar refractivity (Wildman–Crippen MR) is 65.6 cm³/mol. The monoisotopic (exact) mass is 270 g/mol. The van der Waals surface area contributed by atoms with Crippen molar-refractivity contribution in [2.24, 2.45) is 0 Å². The minimum atomic E-state index is -1.43. The summed E-state index contributed by atoms with van der Waals surface area (Å²) in [7, 11) is 0. The van der Waals surface area contributed by atoms with E-state index in [4.69, 9.17) is 14.6 Å². The van der Waals surface area contributed by atoms with Crippen LogP contribution in [0.5, 0.6) is 5.75 Å². The quantitative estimate of drug-likeness (QED) is 0.572. The average Bonchev–Trinajstić information content (AvgIpc) is 2.39. The molecule has 2 rings (SSSR count). The summed E-state index contributed by atoms with van der Waals surface area (Å²) in [6.07, 6.45) is -6.30. The van der Waals surface area contributed by atoms with E-state index in [-0.39, 0.29) is 0 Å². The summed E-state index contributed by atoms with van der Waals surface area (Å²) in [5, 5.41) is 38.1. The van der Waals surface area contributed by atoms with E-state index < -0.39 is 37.3 Å². The number of hydrogen-bond acceptors (Lipinski definition) is 6. The highest BCUT2D eigenvalue weighted by molar-refractivity contribution is 5.27. The van der Waals surface area contributed by atoms with Gasteiger partial charge in [0.05, 0.1) is 6.61 Å². The third-order valence-electron chi connectivity index (χ3n) is 3.09. The van der Waals surface area contributed by atoms with Crippen molar-refractivity contribution in [2.45, 2.75) is 37.6 Å². The largest absolute Gasteiger partial charge is 0.462 e. The molecule has 0 aliphatic carbocycles. The van der Waals surface area contributed by atoms with E-state index in [1.165, 1.54) is 0 Å². The molecule has 0 saturated carbocycles. The Hall–Kier alpha value is -1.18. The first-order valence-corrected chi connectivity index (χ1v) is 6.07. The summed E-state index contributed by atoms with van der Waals surface area (Å²) in [5.74, 6) is 0.476. The molecule has 1 saturated heterocycles. The van der Waals surface area contributed by atoms with Gasteiger partial charge in [0.25, 0.3) is 0 Å². The highest BCUT2D eigenvalue weighted by Gasteiger charge is 2.44. The molecule has 1 aromatic rings. The number of aliphatic hydroxyl groups excluding tert-OH is 4. The van der Waals surface area contributed by atoms with Crippen LogP contribution in [0.3, 0.4) is 0 Å². The van der Waals surface area contributed by atoms with Crippen LogP contribution in [0.15, 0.2) is 24.3 Å². The average molecular weight is 270 g/mol. The SMILES string of the molecule is Cc1cccc(O[C@@H]2O[C@H](CO)[C@@H](O)[C@@H](O)[C@@H]2O)c1. The molecule has 1 aliphatic rings. The van der Waals surface area contributed by atoms with Crippen LogP contribution in [-0.2, 0) is 4.74 Å². The standard InChI is InChI=1S/C13H18O6/c1-7-3-2-4-8(5-7)18-13-12(17)11(16)10(15)9(6-14)19-13/h2-5,9-17H,6H2,1H3/t9-,10-,11-,12+,13-/m1/s1. The highest BCUT2D eigenvalue weighted by atomic mass is 16.7. The third-order valence-corrected chi connectivity index (χ3v) is 3.09. The maximum absolute atomic E-state index is 9.81. The minimum absolute atomic E-state index is 0.474. The molecule has 0 aromatic heterocycles. The van der Waals surface area contributed by atoms with Crippen molar-refractivity contribution in [2.75, 3.05) is 6.61 Å². The number of aryl methyl sites for hydroxylation is 1. The van der Waals surface area contributed by atoms with Crippen LogP contribution in [0.4, 0.5) is 0 Å². The van der Waals surface area contributed by atoms with Crippen molar-refractivity contribution in [1.29, 1.82) is 0 Å². The topological polar surface area (TPSA) is 99.4 Å². The number of aliphatic hydroxyl groups is 4. The summed E-state index contributed by atoms with van der Waals surface area (Å²) < 4.78 is 10.7. The first-order chi connectivity index (χ1) is 9.02. The molecule has 19 heavy (non-hydrogen) atoms. The normalized spacial score (nSPS) is 35.1. The van der Waals surface area contributed by atoms with Gasteiger partial charge >= 0.3 is 0 Å². The van der Waals surface area contributed by atoms with Gasteiger partial charge < -0.3 is 29.9 Å². The van der Waals surface area contributed by atoms with Crippen molar-refractivity contribution in [1.82, 2.24) is 0 Å². The lowest BCUT2D eigenvalue weighted by molar-refractivity contribution is -0.277. The third kappa shape index (κ3) is 3.05. The molecule has 1 fully saturated rings. The van der Waals surface area contributed by atoms with Gasteiger partial charge in [-0.3, -0.25) is 0 Å². The van der Waals surface area contributed by atoms with Crippen LogP contribution in [0.25, 0.3) is 0 Å². The van der Waals surface area contributed by atoms with Gasteiger partial charge in [-0.2, -0.15) is 0 Å². The van der Waals surface area contributed by atoms with Crippen LogP contribution in [0, 0.1) is 6.92 Å². The molecule has 6 heteroatoms. The second-order valence-electron chi connectivity index (χ2n) is 4.63. The Morgan fingerprint density at radius 3 is 2.53 bits per heavy atom. The Morgan fingerprint density at radius 2 is 1.89 bits per heavy atom. The van der Waals surface area contributed by atoms with E-state index in [9.17, 15) is 15.3 Å². The number of ether oxygens (including phenoxy) is 2. The summed E-state index contributed by atoms with van der Waals surface area (Å²) in [6.45, 7) is 1.42. The molecule has 1 aromatic carbocycles. The number of benzene rings is 1. The maximum atomic E-state index is 9.81. The Labute approximate surface area is 110 Å². The van der Waals surface area contributed by atoms with Gasteiger partial charge in [0, 0.05) is 0 Å². The van der Waals surface area contributed by atoms with E-state index in [1.54, 1.807) is 18.2 Å². The molecule has 5 atom stereocenters. The molecular weight excluding hydrogens is 252 g/mol. The van der Waals surface area contributed by atoms with E-state index in [2.05, 4.69) is 0 Å². The molecule has 6 nitrogen and oxygen atoms in total. The Bertz CT molecular complexity index is 421. The predicted octanol–water partition coefficient (Wildman–Crippen LogP) is -0.826. The summed E-state index contributed by atoms with van der Waals surface area (Å²) in [4.78, 5) is 0. The molecule has 0 spiro atoms. The van der Waals surface area contributed by atoms with Gasteiger partial charge in [-0.25, -0.2) is 0 Å². The zero-order chi connectivity index (χ0) is 14.0. The van der Waals surface area contributed by atoms with E-state index >= 15 is 0 Å². The van der Waals surface area contributed by atoms with E-state index in [1.807, 2.05) is 13.0 Å². The lowest BCUT2D eigenvalue weighted by Crippen LogP contribution is -2.60. The summed E-state index contributed by atoms with van der Waals surface area (Å²) in [5.41, 5.74) is 0.974. The molecule has 0 amide bonds. The Balaban J connectivity index is 2.10. The zero-order valence-corrected chi connectivity index (χ0v) is 10.5. The van der Waals surface area contributed by atoms with Crippen molar-refractivity contribution in [3.63, 3.8) is 0 Å².